The van der Waals surface area contributed by atoms with Gasteiger partial charge in [-0.3, -0.25) is 0 Å². The largest absolute Gasteiger partial charge is 0.380 e. The fraction of sp³-hybridized carbons (Fsp3) is 1.00. The molecule has 0 amide bonds. The van der Waals surface area contributed by atoms with Crippen LogP contribution in [0.25, 0.3) is 0 Å². The van der Waals surface area contributed by atoms with E-state index in [2.05, 4.69) is 13.8 Å². The molecule has 0 radical (unpaired) electrons. The monoisotopic (exact) mass is 204 g/mol. The average Bonchev–Trinajstić information content (AvgIpc) is 2.89. The van der Waals surface area contributed by atoms with E-state index in [1.54, 1.807) is 0 Å². The number of ether oxygens (including phenoxy) is 3. The van der Waals surface area contributed by atoms with Gasteiger partial charge in [0.1, 0.15) is 6.10 Å². The van der Waals surface area contributed by atoms with E-state index in [1.807, 2.05) is 0 Å². The summed E-state index contributed by atoms with van der Waals surface area (Å²) in [6, 6.07) is 0. The Balaban J connectivity index is 2.14. The number of hydrogen-bond acceptors (Lipinski definition) is 3. The molecule has 1 heterocycles. The highest BCUT2D eigenvalue weighted by Gasteiger charge is 2.25. The van der Waals surface area contributed by atoms with Crippen LogP contribution in [0.5, 0.6) is 0 Å². The molecule has 1 aliphatic heterocycles. The first-order valence-corrected chi connectivity index (χ1v) is 6.54. The molecule has 1 saturated heterocycles. The predicted octanol–water partition coefficient (Wildman–Crippen LogP) is -0.0916. The van der Waals surface area contributed by atoms with Gasteiger partial charge in [-0.05, 0) is 13.3 Å². The van der Waals surface area contributed by atoms with Crippen LogP contribution >= 0.6 is 0 Å². The molecule has 3 nitrogen and oxygen atoms in total. The van der Waals surface area contributed by atoms with Crippen LogP contribution in [0.4, 0.5) is 0 Å². The SMILES string of the molecule is CCC(OCC1CO1)C(C)OC[SiH3]. The summed E-state index contributed by atoms with van der Waals surface area (Å²) < 4.78 is 16.3. The highest BCUT2D eigenvalue weighted by atomic mass is 28.1. The topological polar surface area (TPSA) is 31.0 Å². The second-order valence-electron chi connectivity index (χ2n) is 3.40. The van der Waals surface area contributed by atoms with Crippen LogP contribution in [0.15, 0.2) is 0 Å². The van der Waals surface area contributed by atoms with E-state index >= 15 is 0 Å². The van der Waals surface area contributed by atoms with Gasteiger partial charge in [-0.25, -0.2) is 0 Å². The summed E-state index contributed by atoms with van der Waals surface area (Å²) in [5.41, 5.74) is 0. The average molecular weight is 204 g/mol. The molecule has 1 fully saturated rings. The van der Waals surface area contributed by atoms with Crippen LogP contribution in [0, 0.1) is 0 Å². The summed E-state index contributed by atoms with van der Waals surface area (Å²) in [6.45, 7) is 5.81. The lowest BCUT2D eigenvalue weighted by atomic mass is 10.2. The minimum absolute atomic E-state index is 0.223. The van der Waals surface area contributed by atoms with Crippen molar-refractivity contribution in [2.75, 3.05) is 19.4 Å². The molecule has 13 heavy (non-hydrogen) atoms. The van der Waals surface area contributed by atoms with E-state index in [-0.39, 0.29) is 12.2 Å². The van der Waals surface area contributed by atoms with Gasteiger partial charge in [-0.1, -0.05) is 6.92 Å². The van der Waals surface area contributed by atoms with E-state index in [0.717, 1.165) is 36.1 Å². The second kappa shape index (κ2) is 5.75. The van der Waals surface area contributed by atoms with Crippen molar-refractivity contribution < 1.29 is 14.2 Å². The van der Waals surface area contributed by atoms with Gasteiger partial charge < -0.3 is 14.2 Å². The third kappa shape index (κ3) is 4.22. The Morgan fingerprint density at radius 3 is 2.69 bits per heavy atom. The Morgan fingerprint density at radius 1 is 1.54 bits per heavy atom. The standard InChI is InChI=1S/C9H20O3Si/c1-3-9(7(2)12-6-13)11-5-8-4-10-8/h7-9H,3-6H2,1-2,13H3. The number of rotatable bonds is 7. The molecule has 0 bridgehead atoms. The summed E-state index contributed by atoms with van der Waals surface area (Å²) >= 11 is 0. The lowest BCUT2D eigenvalue weighted by Crippen LogP contribution is -2.30. The first kappa shape index (κ1) is 11.2. The Bertz CT molecular complexity index is 139. The molecule has 0 saturated carbocycles. The first-order chi connectivity index (χ1) is 6.27. The second-order valence-corrected chi connectivity index (χ2v) is 3.97. The molecule has 0 spiro atoms. The highest BCUT2D eigenvalue weighted by molar-refractivity contribution is 6.08. The molecule has 0 aliphatic carbocycles. The van der Waals surface area contributed by atoms with Crippen molar-refractivity contribution in [3.8, 4) is 0 Å². The van der Waals surface area contributed by atoms with Crippen LogP contribution < -0.4 is 0 Å². The summed E-state index contributed by atoms with van der Waals surface area (Å²) in [6.07, 6.45) is 2.72. The van der Waals surface area contributed by atoms with Crippen molar-refractivity contribution >= 4 is 10.2 Å². The van der Waals surface area contributed by atoms with Crippen molar-refractivity contribution in [1.29, 1.82) is 0 Å². The van der Waals surface area contributed by atoms with Crippen LogP contribution in [0.1, 0.15) is 20.3 Å². The fourth-order valence-corrected chi connectivity index (χ4v) is 1.88. The zero-order valence-corrected chi connectivity index (χ0v) is 10.8. The van der Waals surface area contributed by atoms with Gasteiger partial charge in [0.2, 0.25) is 0 Å². The minimum Gasteiger partial charge on any atom is -0.380 e. The van der Waals surface area contributed by atoms with Gasteiger partial charge in [0.05, 0.1) is 25.4 Å². The molecule has 0 aromatic rings. The molecule has 0 aromatic heterocycles. The van der Waals surface area contributed by atoms with E-state index in [9.17, 15) is 0 Å². The maximum atomic E-state index is 5.69. The number of hydrogen-bond donors (Lipinski definition) is 0. The summed E-state index contributed by atoms with van der Waals surface area (Å²) in [5.74, 6) is 0. The predicted molar refractivity (Wildman–Crippen MR) is 55.1 cm³/mol. The lowest BCUT2D eigenvalue weighted by molar-refractivity contribution is -0.0581. The van der Waals surface area contributed by atoms with Gasteiger partial charge in [0.15, 0.2) is 0 Å². The molecule has 3 atom stereocenters. The zero-order valence-electron chi connectivity index (χ0n) is 8.79. The maximum Gasteiger partial charge on any atom is 0.104 e. The van der Waals surface area contributed by atoms with E-state index in [0.29, 0.717) is 6.10 Å². The smallest absolute Gasteiger partial charge is 0.104 e. The van der Waals surface area contributed by atoms with E-state index in [4.69, 9.17) is 14.2 Å². The van der Waals surface area contributed by atoms with Crippen LogP contribution in [0.3, 0.4) is 0 Å². The van der Waals surface area contributed by atoms with Crippen LogP contribution in [-0.2, 0) is 14.2 Å². The molecule has 4 heteroatoms. The fourth-order valence-electron chi connectivity index (χ4n) is 1.35. The van der Waals surface area contributed by atoms with E-state index < -0.39 is 0 Å². The molecule has 1 rings (SSSR count). The van der Waals surface area contributed by atoms with Crippen molar-refractivity contribution in [2.24, 2.45) is 0 Å². The van der Waals surface area contributed by atoms with E-state index in [1.165, 1.54) is 0 Å². The molecule has 1 aliphatic rings. The third-order valence-corrected chi connectivity index (χ3v) is 2.59. The van der Waals surface area contributed by atoms with Crippen molar-refractivity contribution in [2.45, 2.75) is 38.6 Å². The lowest BCUT2D eigenvalue weighted by Gasteiger charge is -2.22. The minimum atomic E-state index is 0.223. The molecule has 3 unspecified atom stereocenters. The van der Waals surface area contributed by atoms with Gasteiger partial charge in [0.25, 0.3) is 0 Å². The molecule has 78 valence electrons. The van der Waals surface area contributed by atoms with Crippen LogP contribution in [0.2, 0.25) is 0 Å². The van der Waals surface area contributed by atoms with Crippen molar-refractivity contribution in [1.82, 2.24) is 0 Å². The van der Waals surface area contributed by atoms with Gasteiger partial charge in [-0.2, -0.15) is 0 Å². The highest BCUT2D eigenvalue weighted by Crippen LogP contribution is 2.13. The quantitative estimate of drug-likeness (QED) is 0.429. The third-order valence-electron chi connectivity index (χ3n) is 2.25. The first-order valence-electron chi connectivity index (χ1n) is 5.12. The molecular formula is C9H20O3Si. The van der Waals surface area contributed by atoms with Crippen LogP contribution in [-0.4, -0.2) is 48.0 Å². The Labute approximate surface area is 83.2 Å². The molecule has 0 aromatic carbocycles. The Kier molecular flexibility index (Phi) is 4.94. The normalized spacial score (nSPS) is 25.8. The summed E-state index contributed by atoms with van der Waals surface area (Å²) in [5, 5.41) is 0. The molecular weight excluding hydrogens is 184 g/mol. The van der Waals surface area contributed by atoms with Gasteiger partial charge in [-0.15, -0.1) is 0 Å². The van der Waals surface area contributed by atoms with Crippen molar-refractivity contribution in [3.63, 3.8) is 0 Å². The molecule has 0 N–H and O–H groups in total. The van der Waals surface area contributed by atoms with Gasteiger partial charge >= 0.3 is 0 Å². The summed E-state index contributed by atoms with van der Waals surface area (Å²) in [4.78, 5) is 0. The summed E-state index contributed by atoms with van der Waals surface area (Å²) in [7, 11) is 1.10. The Hall–Kier alpha value is 0.0969. The van der Waals surface area contributed by atoms with Gasteiger partial charge in [0, 0.05) is 16.5 Å². The maximum absolute atomic E-state index is 5.69. The zero-order chi connectivity index (χ0) is 9.68. The van der Waals surface area contributed by atoms with Crippen molar-refractivity contribution in [3.05, 3.63) is 0 Å². The Morgan fingerprint density at radius 2 is 2.23 bits per heavy atom. The number of epoxide rings is 1.